The van der Waals surface area contributed by atoms with Crippen molar-refractivity contribution in [2.24, 2.45) is 0 Å². The summed E-state index contributed by atoms with van der Waals surface area (Å²) in [5, 5.41) is 14.0. The van der Waals surface area contributed by atoms with E-state index >= 15 is 0 Å². The van der Waals surface area contributed by atoms with Crippen LogP contribution in [0.1, 0.15) is 19.8 Å². The molecule has 0 amide bonds. The van der Waals surface area contributed by atoms with Crippen molar-refractivity contribution in [3.8, 4) is 0 Å². The third-order valence-corrected chi connectivity index (χ3v) is 4.84. The number of quaternary nitrogens is 2. The van der Waals surface area contributed by atoms with Crippen LogP contribution in [0.4, 0.5) is 0 Å². The summed E-state index contributed by atoms with van der Waals surface area (Å²) in [6, 6.07) is -0.180. The van der Waals surface area contributed by atoms with E-state index in [0.29, 0.717) is 0 Å². The molecule has 0 aromatic rings. The van der Waals surface area contributed by atoms with Crippen LogP contribution in [0.2, 0.25) is 0 Å². The molecule has 2 atom stereocenters. The van der Waals surface area contributed by atoms with E-state index in [2.05, 4.69) is 6.92 Å². The molecular formula is C10H21N2O4S+. The molecule has 1 aliphatic heterocycles. The summed E-state index contributed by atoms with van der Waals surface area (Å²) in [5.41, 5.74) is 0. The fourth-order valence-corrected chi connectivity index (χ4v) is 4.25. The van der Waals surface area contributed by atoms with Gasteiger partial charge in [0.1, 0.15) is 18.1 Å². The summed E-state index contributed by atoms with van der Waals surface area (Å²) in [7, 11) is -3.01. The van der Waals surface area contributed by atoms with Gasteiger partial charge in [-0.3, -0.25) is 0 Å². The molecule has 100 valence electrons. The van der Waals surface area contributed by atoms with Gasteiger partial charge in [0, 0.05) is 0 Å². The maximum atomic E-state index is 11.5. The Kier molecular flexibility index (Phi) is 5.35. The standard InChI is InChI=1S/C10H20N2O4S/c1-2-3-4-11-8-6-17(15,16)7-9(8)12-5-10(13)14/h8-9,11-12H,2-7H2,1H3,(H,13,14)/p+1/t8-,9+/m1/s1. The fraction of sp³-hybridized carbons (Fsp3) is 0.900. The van der Waals surface area contributed by atoms with Gasteiger partial charge < -0.3 is 20.5 Å². The molecule has 0 aromatic carbocycles. The number of hydrogen-bond donors (Lipinski definition) is 2. The first kappa shape index (κ1) is 14.4. The van der Waals surface area contributed by atoms with Crippen molar-refractivity contribution in [1.82, 2.24) is 0 Å². The lowest BCUT2D eigenvalue weighted by Crippen LogP contribution is -3.04. The number of carboxylic acid groups (broad SMARTS) is 1. The summed E-state index contributed by atoms with van der Waals surface area (Å²) < 4.78 is 23.1. The van der Waals surface area contributed by atoms with Gasteiger partial charge in [-0.15, -0.1) is 0 Å². The summed E-state index contributed by atoms with van der Waals surface area (Å²) in [6.07, 6.45) is 2.12. The average Bonchev–Trinajstić information content (AvgIpc) is 2.51. The van der Waals surface area contributed by atoms with Crippen LogP contribution in [0.5, 0.6) is 0 Å². The summed E-state index contributed by atoms with van der Waals surface area (Å²) in [5.74, 6) is -0.917. The van der Waals surface area contributed by atoms with Crippen molar-refractivity contribution in [2.75, 3.05) is 24.6 Å². The molecule has 6 nitrogen and oxygen atoms in total. The van der Waals surface area contributed by atoms with Crippen molar-refractivity contribution in [1.29, 1.82) is 0 Å². The number of carboxylic acids is 1. The maximum absolute atomic E-state index is 11.5. The van der Waals surface area contributed by atoms with Gasteiger partial charge in [0.05, 0.1) is 12.5 Å². The van der Waals surface area contributed by atoms with Crippen molar-refractivity contribution >= 4 is 15.8 Å². The van der Waals surface area contributed by atoms with Crippen molar-refractivity contribution in [2.45, 2.75) is 31.8 Å². The second kappa shape index (κ2) is 6.32. The quantitative estimate of drug-likeness (QED) is 0.455. The van der Waals surface area contributed by atoms with Crippen LogP contribution in [-0.2, 0) is 14.6 Å². The lowest BCUT2D eigenvalue weighted by Gasteiger charge is -2.15. The highest BCUT2D eigenvalue weighted by atomic mass is 32.2. The van der Waals surface area contributed by atoms with Gasteiger partial charge in [0.15, 0.2) is 21.9 Å². The van der Waals surface area contributed by atoms with Gasteiger partial charge in [0.25, 0.3) is 0 Å². The lowest BCUT2D eigenvalue weighted by molar-refractivity contribution is -0.763. The largest absolute Gasteiger partial charge is 0.544 e. The second-order valence-corrected chi connectivity index (χ2v) is 6.75. The van der Waals surface area contributed by atoms with E-state index in [4.69, 9.17) is 0 Å². The highest BCUT2D eigenvalue weighted by Gasteiger charge is 2.42. The van der Waals surface area contributed by atoms with Crippen LogP contribution in [0.25, 0.3) is 0 Å². The van der Waals surface area contributed by atoms with Crippen LogP contribution in [0.15, 0.2) is 0 Å². The molecule has 0 spiro atoms. The maximum Gasteiger partial charge on any atom is 0.162 e. The molecule has 0 saturated carbocycles. The highest BCUT2D eigenvalue weighted by molar-refractivity contribution is 7.91. The number of hydrogen-bond acceptors (Lipinski definition) is 4. The van der Waals surface area contributed by atoms with E-state index in [1.54, 1.807) is 5.32 Å². The molecule has 7 heteroatoms. The van der Waals surface area contributed by atoms with E-state index in [-0.39, 0.29) is 30.1 Å². The van der Waals surface area contributed by atoms with Crippen LogP contribution < -0.4 is 15.7 Å². The van der Waals surface area contributed by atoms with Crippen molar-refractivity contribution in [3.05, 3.63) is 0 Å². The Morgan fingerprint density at radius 3 is 2.41 bits per heavy atom. The number of rotatable bonds is 7. The average molecular weight is 265 g/mol. The Hall–Kier alpha value is -0.660. The number of unbranched alkanes of at least 4 members (excludes halogenated alkanes) is 1. The van der Waals surface area contributed by atoms with E-state index in [1.165, 1.54) is 0 Å². The second-order valence-electron chi connectivity index (χ2n) is 4.59. The van der Waals surface area contributed by atoms with Crippen LogP contribution in [-0.4, -0.2) is 51.1 Å². The van der Waals surface area contributed by atoms with Gasteiger partial charge in [-0.05, 0) is 6.42 Å². The Morgan fingerprint density at radius 2 is 1.88 bits per heavy atom. The number of aliphatic carboxylic acids is 1. The smallest absolute Gasteiger partial charge is 0.162 e. The molecule has 1 rings (SSSR count). The third-order valence-electron chi connectivity index (χ3n) is 3.06. The topological polar surface area (TPSA) is 107 Å². The van der Waals surface area contributed by atoms with Gasteiger partial charge in [-0.2, -0.15) is 0 Å². The molecule has 0 radical (unpaired) electrons. The highest BCUT2D eigenvalue weighted by Crippen LogP contribution is 2.06. The van der Waals surface area contributed by atoms with Crippen LogP contribution >= 0.6 is 0 Å². The molecule has 1 aliphatic rings. The minimum absolute atomic E-state index is 0.0223. The van der Waals surface area contributed by atoms with Crippen molar-refractivity contribution < 1.29 is 29.0 Å². The molecule has 1 saturated heterocycles. The monoisotopic (exact) mass is 265 g/mol. The molecule has 0 bridgehead atoms. The van der Waals surface area contributed by atoms with Crippen LogP contribution in [0, 0.1) is 0 Å². The first-order chi connectivity index (χ1) is 7.94. The molecule has 1 fully saturated rings. The molecule has 4 N–H and O–H groups in total. The number of sulfone groups is 1. The third kappa shape index (κ3) is 5.01. The first-order valence-electron chi connectivity index (χ1n) is 6.01. The SMILES string of the molecule is CCCC[NH2+][C@@H]1CS(=O)(=O)C[C@@H]1[NH2+]CC(=O)[O-]. The number of carbonyl (C=O) groups excluding carboxylic acids is 1. The van der Waals surface area contributed by atoms with E-state index in [0.717, 1.165) is 19.4 Å². The van der Waals surface area contributed by atoms with E-state index in [1.807, 2.05) is 5.32 Å². The van der Waals surface area contributed by atoms with E-state index in [9.17, 15) is 18.3 Å². The van der Waals surface area contributed by atoms with E-state index < -0.39 is 15.8 Å². The fourth-order valence-electron chi connectivity index (χ4n) is 2.17. The first-order valence-corrected chi connectivity index (χ1v) is 7.83. The Morgan fingerprint density at radius 1 is 1.29 bits per heavy atom. The zero-order chi connectivity index (χ0) is 12.9. The molecular weight excluding hydrogens is 244 g/mol. The predicted molar refractivity (Wildman–Crippen MR) is 59.7 cm³/mol. The van der Waals surface area contributed by atoms with Crippen molar-refractivity contribution in [3.63, 3.8) is 0 Å². The molecule has 0 aromatic heterocycles. The zero-order valence-electron chi connectivity index (χ0n) is 10.1. The zero-order valence-corrected chi connectivity index (χ0v) is 10.9. The Balaban J connectivity index is 2.49. The van der Waals surface area contributed by atoms with Gasteiger partial charge in [-0.1, -0.05) is 13.3 Å². The van der Waals surface area contributed by atoms with Gasteiger partial charge in [0.2, 0.25) is 0 Å². The molecule has 0 aliphatic carbocycles. The van der Waals surface area contributed by atoms with Gasteiger partial charge in [-0.25, -0.2) is 8.42 Å². The Bertz CT molecular complexity index is 355. The van der Waals surface area contributed by atoms with Crippen LogP contribution in [0.3, 0.4) is 0 Å². The molecule has 17 heavy (non-hydrogen) atoms. The summed E-state index contributed by atoms with van der Waals surface area (Å²) in [6.45, 7) is 2.81. The normalized spacial score (nSPS) is 27.1. The Labute approximate surface area is 102 Å². The molecule has 1 heterocycles. The van der Waals surface area contributed by atoms with Gasteiger partial charge >= 0.3 is 0 Å². The number of carbonyl (C=O) groups is 1. The predicted octanol–water partition coefficient (Wildman–Crippen LogP) is -4.17. The summed E-state index contributed by atoms with van der Waals surface area (Å²) >= 11 is 0. The number of nitrogens with two attached hydrogens (primary N) is 2. The lowest BCUT2D eigenvalue weighted by atomic mass is 10.1. The summed E-state index contributed by atoms with van der Waals surface area (Å²) in [4.78, 5) is 10.4. The molecule has 0 unspecified atom stereocenters. The minimum Gasteiger partial charge on any atom is -0.544 e. The minimum atomic E-state index is -3.01.